The number of benzene rings is 2. The largest absolute Gasteiger partial charge is 0.497 e. The van der Waals surface area contributed by atoms with Crippen molar-refractivity contribution in [2.75, 3.05) is 20.2 Å². The van der Waals surface area contributed by atoms with Gasteiger partial charge in [-0.3, -0.25) is 28.8 Å². The van der Waals surface area contributed by atoms with Gasteiger partial charge in [-0.25, -0.2) is 0 Å². The third-order valence-electron chi connectivity index (χ3n) is 10.0. The molecule has 0 radical (unpaired) electrons. The summed E-state index contributed by atoms with van der Waals surface area (Å²) in [6.45, 7) is 8.49. The number of hydrogen-bond donors (Lipinski definition) is 6. The van der Waals surface area contributed by atoms with Gasteiger partial charge in [0.15, 0.2) is 0 Å². The highest BCUT2D eigenvalue weighted by molar-refractivity contribution is 5.98. The minimum Gasteiger partial charge on any atom is -0.497 e. The molecule has 0 unspecified atom stereocenters. The Morgan fingerprint density at radius 1 is 0.807 bits per heavy atom. The molecule has 4 aromatic rings. The fourth-order valence-corrected chi connectivity index (χ4v) is 6.73. The molecule has 1 fully saturated rings. The third kappa shape index (κ3) is 11.2. The Bertz CT molecular complexity index is 2020. The highest BCUT2D eigenvalue weighted by Crippen LogP contribution is 2.20. The summed E-state index contributed by atoms with van der Waals surface area (Å²) in [5.74, 6) is -3.20. The van der Waals surface area contributed by atoms with Gasteiger partial charge in [0.1, 0.15) is 36.2 Å². The van der Waals surface area contributed by atoms with E-state index in [2.05, 4.69) is 31.6 Å². The summed E-state index contributed by atoms with van der Waals surface area (Å²) in [4.78, 5) is 88.4. The Hall–Kier alpha value is -6.12. The molecule has 0 aliphatic carbocycles. The average molecular weight is 784 g/mol. The zero-order valence-corrected chi connectivity index (χ0v) is 33.2. The van der Waals surface area contributed by atoms with E-state index in [0.29, 0.717) is 11.3 Å². The number of ether oxygens (including phenoxy) is 1. The number of carbonyl (C=O) groups excluding carboxylic acids is 6. The molecule has 6 amide bonds. The van der Waals surface area contributed by atoms with Gasteiger partial charge >= 0.3 is 0 Å². The topological polar surface area (TPSA) is 204 Å². The maximum absolute atomic E-state index is 14.3. The highest BCUT2D eigenvalue weighted by atomic mass is 16.5. The van der Waals surface area contributed by atoms with E-state index < -0.39 is 72.2 Å². The molecule has 1 saturated heterocycles. The molecule has 1 aliphatic heterocycles. The van der Waals surface area contributed by atoms with Gasteiger partial charge in [0.05, 0.1) is 25.5 Å². The number of H-pyrrole nitrogens is 1. The number of nitrogens with zero attached hydrogens (tertiary/aromatic N) is 1. The molecule has 0 bridgehead atoms. The van der Waals surface area contributed by atoms with Crippen LogP contribution in [0.15, 0.2) is 77.7 Å². The number of para-hydroxylation sites is 1. The first-order valence-electron chi connectivity index (χ1n) is 19.2. The van der Waals surface area contributed by atoms with Crippen LogP contribution >= 0.6 is 0 Å². The summed E-state index contributed by atoms with van der Waals surface area (Å²) in [6.07, 6.45) is 4.71. The number of nitrogens with one attached hydrogen (secondary N) is 6. The summed E-state index contributed by atoms with van der Waals surface area (Å²) >= 11 is 0. The van der Waals surface area contributed by atoms with E-state index in [-0.39, 0.29) is 43.2 Å². The van der Waals surface area contributed by atoms with Crippen molar-refractivity contribution in [1.82, 2.24) is 36.5 Å². The van der Waals surface area contributed by atoms with Gasteiger partial charge in [0.25, 0.3) is 5.91 Å². The number of hydrogen-bond acceptors (Lipinski definition) is 8. The van der Waals surface area contributed by atoms with E-state index in [1.54, 1.807) is 37.6 Å². The monoisotopic (exact) mass is 783 g/mol. The molecule has 304 valence electrons. The van der Waals surface area contributed by atoms with Crippen molar-refractivity contribution in [3.8, 4) is 5.75 Å². The molecule has 0 spiro atoms. The summed E-state index contributed by atoms with van der Waals surface area (Å²) in [6, 6.07) is 10.9. The minimum absolute atomic E-state index is 0.0539. The molecule has 6 N–H and O–H groups in total. The van der Waals surface area contributed by atoms with E-state index in [0.717, 1.165) is 16.5 Å². The van der Waals surface area contributed by atoms with Crippen molar-refractivity contribution in [3.05, 3.63) is 90.0 Å². The van der Waals surface area contributed by atoms with Gasteiger partial charge in [-0.2, -0.15) is 0 Å². The van der Waals surface area contributed by atoms with Crippen LogP contribution in [0.5, 0.6) is 5.75 Å². The van der Waals surface area contributed by atoms with Gasteiger partial charge in [0, 0.05) is 42.5 Å². The summed E-state index contributed by atoms with van der Waals surface area (Å²) in [5.41, 5.74) is 2.49. The predicted octanol–water partition coefficient (Wildman–Crippen LogP) is 2.86. The van der Waals surface area contributed by atoms with Crippen LogP contribution in [0.2, 0.25) is 0 Å². The van der Waals surface area contributed by atoms with Crippen molar-refractivity contribution in [3.63, 3.8) is 0 Å². The molecule has 15 nitrogen and oxygen atoms in total. The lowest BCUT2D eigenvalue weighted by Crippen LogP contribution is -2.60. The van der Waals surface area contributed by atoms with Gasteiger partial charge in [0.2, 0.25) is 29.5 Å². The lowest BCUT2D eigenvalue weighted by Gasteiger charge is -2.32. The van der Waals surface area contributed by atoms with E-state index in [9.17, 15) is 28.8 Å². The number of aromatic amines is 1. The fourth-order valence-electron chi connectivity index (χ4n) is 6.73. The highest BCUT2D eigenvalue weighted by Gasteiger charge is 2.34. The van der Waals surface area contributed by atoms with Crippen molar-refractivity contribution < 1.29 is 37.9 Å². The van der Waals surface area contributed by atoms with Crippen molar-refractivity contribution >= 4 is 46.3 Å². The quantitative estimate of drug-likeness (QED) is 0.149. The van der Waals surface area contributed by atoms with Gasteiger partial charge in [-0.1, -0.05) is 58.0 Å². The van der Waals surface area contributed by atoms with E-state index in [1.165, 1.54) is 30.4 Å². The van der Waals surface area contributed by atoms with E-state index in [4.69, 9.17) is 9.15 Å². The summed E-state index contributed by atoms with van der Waals surface area (Å²) in [5, 5.41) is 15.1. The van der Waals surface area contributed by atoms with Crippen molar-refractivity contribution in [1.29, 1.82) is 0 Å². The first-order chi connectivity index (χ1) is 27.2. The van der Waals surface area contributed by atoms with Crippen LogP contribution in [0.4, 0.5) is 0 Å². The second kappa shape index (κ2) is 19.2. The lowest BCUT2D eigenvalue weighted by atomic mass is 9.99. The Kier molecular flexibility index (Phi) is 14.1. The molecular weight excluding hydrogens is 731 g/mol. The van der Waals surface area contributed by atoms with E-state index in [1.807, 2.05) is 52.0 Å². The van der Waals surface area contributed by atoms with Crippen molar-refractivity contribution in [2.24, 2.45) is 11.8 Å². The maximum atomic E-state index is 14.3. The van der Waals surface area contributed by atoms with E-state index >= 15 is 0 Å². The SMILES string of the molecule is COc1ccc(C[C@@H]2NC(=O)[C@H](CC(C)C)NC(=O)[C@@H](Cc3c[nH]c4ccccc34)NC(=O)CN(C(=O)c3ccoc3)C[C@H](C(C)C)NC(=O)[C@@H](C)NC2=O)cc1. The van der Waals surface area contributed by atoms with Crippen molar-refractivity contribution in [2.45, 2.75) is 84.1 Å². The lowest BCUT2D eigenvalue weighted by molar-refractivity contribution is -0.135. The smallest absolute Gasteiger partial charge is 0.257 e. The van der Waals surface area contributed by atoms with Crippen LogP contribution in [0.1, 0.15) is 62.5 Å². The first-order valence-corrected chi connectivity index (χ1v) is 19.2. The second-order valence-electron chi connectivity index (χ2n) is 15.3. The molecule has 1 aliphatic rings. The maximum Gasteiger partial charge on any atom is 0.257 e. The van der Waals surface area contributed by atoms with Gasteiger partial charge in [-0.05, 0) is 60.6 Å². The number of fused-ring (bicyclic) bond motifs is 1. The van der Waals surface area contributed by atoms with Crippen LogP contribution in [-0.2, 0) is 36.8 Å². The van der Waals surface area contributed by atoms with Crippen LogP contribution in [0.25, 0.3) is 10.9 Å². The Labute approximate surface area is 332 Å². The Morgan fingerprint density at radius 3 is 2.14 bits per heavy atom. The standard InChI is InChI=1S/C42H53N7O8/c1-24(2)17-33-40(53)47-34(18-27-11-13-30(56-6)14-12-27)39(52)44-26(5)38(51)48-36(25(3)4)21-49(42(55)28-15-16-57-23-28)22-37(50)45-35(41(54)46-33)19-29-20-43-32-10-8-7-9-31(29)32/h7-16,20,23-26,33-36,43H,17-19,21-22H2,1-6H3,(H,44,52)(H,45,50)(H,46,54)(H,47,53)(H,48,51)/t26-,33+,34+,35-,36-/m1/s1. The van der Waals surface area contributed by atoms with Crippen LogP contribution in [0, 0.1) is 11.8 Å². The molecule has 2 aromatic carbocycles. The molecule has 2 aromatic heterocycles. The third-order valence-corrected chi connectivity index (χ3v) is 10.0. The molecule has 5 rings (SSSR count). The van der Waals surface area contributed by atoms with Crippen LogP contribution in [-0.4, -0.2) is 95.7 Å². The zero-order chi connectivity index (χ0) is 41.2. The minimum atomic E-state index is -1.18. The molecular formula is C42H53N7O8. The molecule has 57 heavy (non-hydrogen) atoms. The number of amides is 6. The average Bonchev–Trinajstić information content (AvgIpc) is 3.87. The van der Waals surface area contributed by atoms with Gasteiger partial charge in [-0.15, -0.1) is 0 Å². The zero-order valence-electron chi connectivity index (χ0n) is 33.2. The number of carbonyl (C=O) groups is 6. The summed E-state index contributed by atoms with van der Waals surface area (Å²) < 4.78 is 10.4. The Balaban J connectivity index is 1.54. The Morgan fingerprint density at radius 2 is 1.47 bits per heavy atom. The molecule has 3 heterocycles. The molecule has 0 saturated carbocycles. The van der Waals surface area contributed by atoms with Crippen LogP contribution in [0.3, 0.4) is 0 Å². The first kappa shape index (κ1) is 42.0. The summed E-state index contributed by atoms with van der Waals surface area (Å²) in [7, 11) is 1.54. The predicted molar refractivity (Wildman–Crippen MR) is 213 cm³/mol. The fraction of sp³-hybridized carbons (Fsp3) is 0.429. The number of furan rings is 1. The molecule has 15 heteroatoms. The number of aromatic nitrogens is 1. The molecule has 5 atom stereocenters. The second-order valence-corrected chi connectivity index (χ2v) is 15.3. The van der Waals surface area contributed by atoms with Crippen LogP contribution < -0.4 is 31.3 Å². The number of rotatable bonds is 9. The van der Waals surface area contributed by atoms with Gasteiger partial charge < -0.3 is 45.6 Å². The normalized spacial score (nSPS) is 21.9. The number of methoxy groups -OCH3 is 1.